The van der Waals surface area contributed by atoms with E-state index in [9.17, 15) is 9.59 Å². The minimum atomic E-state index is -0.125. The van der Waals surface area contributed by atoms with Gasteiger partial charge in [-0.2, -0.15) is 0 Å². The lowest BCUT2D eigenvalue weighted by molar-refractivity contribution is -0.134. The number of hydrogen-bond acceptors (Lipinski definition) is 4. The fourth-order valence-corrected chi connectivity index (χ4v) is 1.77. The molecule has 118 valence electrons. The standard InChI is InChI=1S/C14H29N3O3/c1-17(12-13(18)16-10-7-11-20-2)14(19)8-5-3-4-6-9-15/h3-12,15H2,1-2H3,(H,16,18). The number of carbonyl (C=O) groups is 2. The number of amides is 2. The van der Waals surface area contributed by atoms with Crippen LogP contribution in [0.3, 0.4) is 0 Å². The van der Waals surface area contributed by atoms with Crippen LogP contribution in [0.4, 0.5) is 0 Å². The van der Waals surface area contributed by atoms with Gasteiger partial charge < -0.3 is 20.7 Å². The van der Waals surface area contributed by atoms with Gasteiger partial charge in [-0.25, -0.2) is 0 Å². The van der Waals surface area contributed by atoms with Gasteiger partial charge in [-0.3, -0.25) is 9.59 Å². The zero-order valence-electron chi connectivity index (χ0n) is 12.8. The predicted molar refractivity (Wildman–Crippen MR) is 79.3 cm³/mol. The third kappa shape index (κ3) is 10.8. The highest BCUT2D eigenvalue weighted by atomic mass is 16.5. The Bertz CT molecular complexity index is 272. The molecule has 0 aliphatic heterocycles. The Kier molecular flexibility index (Phi) is 12.1. The molecule has 0 aromatic carbocycles. The van der Waals surface area contributed by atoms with Crippen LogP contribution in [0.5, 0.6) is 0 Å². The van der Waals surface area contributed by atoms with Gasteiger partial charge >= 0.3 is 0 Å². The largest absolute Gasteiger partial charge is 0.385 e. The molecule has 0 saturated heterocycles. The van der Waals surface area contributed by atoms with E-state index < -0.39 is 0 Å². The molecule has 2 amide bonds. The van der Waals surface area contributed by atoms with E-state index in [0.717, 1.165) is 32.1 Å². The Balaban J connectivity index is 3.64. The minimum Gasteiger partial charge on any atom is -0.385 e. The zero-order chi connectivity index (χ0) is 15.2. The maximum Gasteiger partial charge on any atom is 0.239 e. The average Bonchev–Trinajstić information content (AvgIpc) is 2.43. The van der Waals surface area contributed by atoms with Crippen molar-refractivity contribution < 1.29 is 14.3 Å². The first-order valence-corrected chi connectivity index (χ1v) is 7.31. The average molecular weight is 287 g/mol. The summed E-state index contributed by atoms with van der Waals surface area (Å²) in [6.07, 6.45) is 5.22. The van der Waals surface area contributed by atoms with Crippen LogP contribution in [0.25, 0.3) is 0 Å². The van der Waals surface area contributed by atoms with Gasteiger partial charge in [0.2, 0.25) is 11.8 Å². The molecule has 0 aliphatic carbocycles. The molecular formula is C14H29N3O3. The van der Waals surface area contributed by atoms with Crippen LogP contribution < -0.4 is 11.1 Å². The fourth-order valence-electron chi connectivity index (χ4n) is 1.77. The summed E-state index contributed by atoms with van der Waals surface area (Å²) >= 11 is 0. The van der Waals surface area contributed by atoms with Crippen LogP contribution in [-0.4, -0.2) is 57.1 Å². The third-order valence-electron chi connectivity index (χ3n) is 3.00. The lowest BCUT2D eigenvalue weighted by Crippen LogP contribution is -2.38. The molecule has 6 heteroatoms. The van der Waals surface area contributed by atoms with Gasteiger partial charge in [0.05, 0.1) is 6.54 Å². The Morgan fingerprint density at radius 3 is 2.50 bits per heavy atom. The first kappa shape index (κ1) is 18.9. The van der Waals surface area contributed by atoms with Crippen LogP contribution >= 0.6 is 0 Å². The molecule has 6 nitrogen and oxygen atoms in total. The molecule has 0 atom stereocenters. The number of hydrogen-bond donors (Lipinski definition) is 2. The van der Waals surface area contributed by atoms with Crippen molar-refractivity contribution in [1.82, 2.24) is 10.2 Å². The molecule has 0 bridgehead atoms. The number of methoxy groups -OCH3 is 1. The Morgan fingerprint density at radius 2 is 1.85 bits per heavy atom. The normalized spacial score (nSPS) is 10.3. The Hall–Kier alpha value is -1.14. The van der Waals surface area contributed by atoms with Gasteiger partial charge in [0.25, 0.3) is 0 Å². The van der Waals surface area contributed by atoms with E-state index in [-0.39, 0.29) is 18.4 Å². The fraction of sp³-hybridized carbons (Fsp3) is 0.857. The number of nitrogens with two attached hydrogens (primary N) is 1. The number of ether oxygens (including phenoxy) is 1. The highest BCUT2D eigenvalue weighted by molar-refractivity contribution is 5.84. The third-order valence-corrected chi connectivity index (χ3v) is 3.00. The summed E-state index contributed by atoms with van der Waals surface area (Å²) < 4.78 is 4.89. The molecule has 0 radical (unpaired) electrons. The quantitative estimate of drug-likeness (QED) is 0.512. The molecule has 0 rings (SSSR count). The summed E-state index contributed by atoms with van der Waals surface area (Å²) in [5.74, 6) is -0.107. The van der Waals surface area contributed by atoms with Gasteiger partial charge in [-0.15, -0.1) is 0 Å². The van der Waals surface area contributed by atoms with Crippen LogP contribution in [0.1, 0.15) is 38.5 Å². The van der Waals surface area contributed by atoms with Crippen LogP contribution in [-0.2, 0) is 14.3 Å². The van der Waals surface area contributed by atoms with E-state index in [1.807, 2.05) is 0 Å². The van der Waals surface area contributed by atoms with E-state index in [2.05, 4.69) is 5.32 Å². The maximum atomic E-state index is 11.8. The van der Waals surface area contributed by atoms with Crippen LogP contribution in [0.15, 0.2) is 0 Å². The molecule has 0 spiro atoms. The second kappa shape index (κ2) is 12.9. The number of nitrogens with one attached hydrogen (secondary N) is 1. The van der Waals surface area contributed by atoms with E-state index in [0.29, 0.717) is 26.1 Å². The SMILES string of the molecule is COCCCNC(=O)CN(C)C(=O)CCCCCCN. The molecule has 0 aromatic rings. The summed E-state index contributed by atoms with van der Waals surface area (Å²) in [4.78, 5) is 24.8. The van der Waals surface area contributed by atoms with E-state index >= 15 is 0 Å². The van der Waals surface area contributed by atoms with Crippen molar-refractivity contribution in [3.63, 3.8) is 0 Å². The number of rotatable bonds is 12. The van der Waals surface area contributed by atoms with Crippen molar-refractivity contribution in [3.05, 3.63) is 0 Å². The van der Waals surface area contributed by atoms with Crippen molar-refractivity contribution in [1.29, 1.82) is 0 Å². The highest BCUT2D eigenvalue weighted by Gasteiger charge is 2.11. The molecular weight excluding hydrogens is 258 g/mol. The van der Waals surface area contributed by atoms with Crippen molar-refractivity contribution in [3.8, 4) is 0 Å². The predicted octanol–water partition coefficient (Wildman–Crippen LogP) is 0.507. The van der Waals surface area contributed by atoms with E-state index in [1.165, 1.54) is 4.90 Å². The smallest absolute Gasteiger partial charge is 0.239 e. The van der Waals surface area contributed by atoms with Gasteiger partial charge in [0, 0.05) is 33.7 Å². The first-order valence-electron chi connectivity index (χ1n) is 7.31. The van der Waals surface area contributed by atoms with E-state index in [1.54, 1.807) is 14.2 Å². The number of nitrogens with zero attached hydrogens (tertiary/aromatic N) is 1. The van der Waals surface area contributed by atoms with Crippen molar-refractivity contribution in [2.75, 3.05) is 40.4 Å². The maximum absolute atomic E-state index is 11.8. The van der Waals surface area contributed by atoms with Crippen LogP contribution in [0.2, 0.25) is 0 Å². The second-order valence-electron chi connectivity index (χ2n) is 4.90. The van der Waals surface area contributed by atoms with Gasteiger partial charge in [0.15, 0.2) is 0 Å². The van der Waals surface area contributed by atoms with Gasteiger partial charge in [0.1, 0.15) is 0 Å². The molecule has 0 aromatic heterocycles. The number of unbranched alkanes of at least 4 members (excludes halogenated alkanes) is 3. The summed E-state index contributed by atoms with van der Waals surface area (Å²) in [7, 11) is 3.29. The molecule has 0 fully saturated rings. The summed E-state index contributed by atoms with van der Waals surface area (Å²) in [6, 6.07) is 0. The Labute approximate surface area is 122 Å². The first-order chi connectivity index (χ1) is 9.61. The molecule has 0 heterocycles. The summed E-state index contributed by atoms with van der Waals surface area (Å²) in [5.41, 5.74) is 5.41. The molecule has 3 N–H and O–H groups in total. The number of likely N-dealkylation sites (N-methyl/N-ethyl adjacent to an activating group) is 1. The summed E-state index contributed by atoms with van der Waals surface area (Å²) in [5, 5.41) is 2.76. The zero-order valence-corrected chi connectivity index (χ0v) is 12.8. The topological polar surface area (TPSA) is 84.7 Å². The molecule has 0 saturated carbocycles. The molecule has 20 heavy (non-hydrogen) atoms. The minimum absolute atomic E-state index is 0.0183. The Morgan fingerprint density at radius 1 is 1.15 bits per heavy atom. The second-order valence-corrected chi connectivity index (χ2v) is 4.90. The van der Waals surface area contributed by atoms with Crippen molar-refractivity contribution >= 4 is 11.8 Å². The number of carbonyl (C=O) groups excluding carboxylic acids is 2. The molecule has 0 aliphatic rings. The monoisotopic (exact) mass is 287 g/mol. The molecule has 0 unspecified atom stereocenters. The van der Waals surface area contributed by atoms with Crippen LogP contribution in [0, 0.1) is 0 Å². The lowest BCUT2D eigenvalue weighted by atomic mass is 10.1. The van der Waals surface area contributed by atoms with Crippen molar-refractivity contribution in [2.45, 2.75) is 38.5 Å². The van der Waals surface area contributed by atoms with Gasteiger partial charge in [-0.1, -0.05) is 12.8 Å². The lowest BCUT2D eigenvalue weighted by Gasteiger charge is -2.16. The van der Waals surface area contributed by atoms with E-state index in [4.69, 9.17) is 10.5 Å². The summed E-state index contributed by atoms with van der Waals surface area (Å²) in [6.45, 7) is 2.03. The van der Waals surface area contributed by atoms with Crippen molar-refractivity contribution in [2.24, 2.45) is 5.73 Å². The highest BCUT2D eigenvalue weighted by Crippen LogP contribution is 2.04. The van der Waals surface area contributed by atoms with Gasteiger partial charge in [-0.05, 0) is 25.8 Å².